The van der Waals surface area contributed by atoms with Crippen LogP contribution in [0.4, 0.5) is 0 Å². The Hall–Kier alpha value is -1.62. The second-order valence-electron chi connectivity index (χ2n) is 4.75. The fraction of sp³-hybridized carbons (Fsp3) is 0.571. The van der Waals surface area contributed by atoms with E-state index < -0.39 is 18.0 Å². The fourth-order valence-electron chi connectivity index (χ4n) is 1.05. The molecule has 0 saturated carbocycles. The van der Waals surface area contributed by atoms with Crippen molar-refractivity contribution in [3.8, 4) is 0 Å². The molecule has 0 aromatic carbocycles. The van der Waals surface area contributed by atoms with Gasteiger partial charge >= 0.3 is 11.9 Å². The minimum atomic E-state index is -0.546. The first-order valence-electron chi connectivity index (χ1n) is 6.16. The van der Waals surface area contributed by atoms with Crippen molar-refractivity contribution in [3.05, 3.63) is 24.3 Å². The molecule has 0 aromatic heterocycles. The van der Waals surface area contributed by atoms with Crippen molar-refractivity contribution in [2.75, 3.05) is 13.2 Å². The molecule has 0 fully saturated rings. The summed E-state index contributed by atoms with van der Waals surface area (Å²) in [5, 5.41) is 3.12. The predicted molar refractivity (Wildman–Crippen MR) is 73.6 cm³/mol. The van der Waals surface area contributed by atoms with Gasteiger partial charge in [-0.05, 0) is 13.8 Å². The molecule has 1 atom stereocenters. The van der Waals surface area contributed by atoms with Gasteiger partial charge in [0.05, 0.1) is 0 Å². The summed E-state index contributed by atoms with van der Waals surface area (Å²) < 4.78 is 10.2. The van der Waals surface area contributed by atoms with Gasteiger partial charge in [0, 0.05) is 23.7 Å². The second kappa shape index (κ2) is 8.48. The molecule has 0 bridgehead atoms. The lowest BCUT2D eigenvalue weighted by molar-refractivity contribution is -0.153. The van der Waals surface area contributed by atoms with Gasteiger partial charge in [0.25, 0.3) is 0 Å². The molecule has 0 rings (SSSR count). The summed E-state index contributed by atoms with van der Waals surface area (Å²) >= 11 is 0. The summed E-state index contributed by atoms with van der Waals surface area (Å²) in [6, 6.07) is 0.239. The highest BCUT2D eigenvalue weighted by Gasteiger charge is 2.17. The lowest BCUT2D eigenvalue weighted by Gasteiger charge is -2.20. The highest BCUT2D eigenvalue weighted by molar-refractivity contribution is 5.87. The van der Waals surface area contributed by atoms with Gasteiger partial charge in [-0.25, -0.2) is 9.59 Å². The summed E-state index contributed by atoms with van der Waals surface area (Å²) in [5.41, 5.74) is 0.613. The molecular weight excluding hydrogens is 246 g/mol. The van der Waals surface area contributed by atoms with Crippen LogP contribution in [0.15, 0.2) is 24.3 Å². The second-order valence-corrected chi connectivity index (χ2v) is 4.75. The van der Waals surface area contributed by atoms with Crippen molar-refractivity contribution in [2.45, 2.75) is 39.8 Å². The van der Waals surface area contributed by atoms with Gasteiger partial charge < -0.3 is 14.8 Å². The third kappa shape index (κ3) is 8.15. The molecule has 108 valence electrons. The Labute approximate surface area is 114 Å². The molecular formula is C14H23NO4. The summed E-state index contributed by atoms with van der Waals surface area (Å²) in [7, 11) is 0. The van der Waals surface area contributed by atoms with E-state index in [0.29, 0.717) is 17.7 Å². The van der Waals surface area contributed by atoms with E-state index in [1.807, 2.05) is 13.8 Å². The topological polar surface area (TPSA) is 64.6 Å². The third-order valence-electron chi connectivity index (χ3n) is 2.12. The number of rotatable bonds is 8. The largest absolute Gasteiger partial charge is 0.458 e. The standard InChI is InChI=1S/C14H23NO4/c1-9(2)13(16)18-8-12(7-15-11(5)6)19-14(17)10(3)4/h11-12,15H,1,3,7-8H2,2,4-6H3. The molecule has 0 aromatic rings. The smallest absolute Gasteiger partial charge is 0.333 e. The average molecular weight is 269 g/mol. The predicted octanol–water partition coefficient (Wildman–Crippen LogP) is 1.59. The van der Waals surface area contributed by atoms with Crippen LogP contribution in [-0.4, -0.2) is 37.2 Å². The van der Waals surface area contributed by atoms with E-state index in [1.165, 1.54) is 0 Å². The van der Waals surface area contributed by atoms with E-state index in [1.54, 1.807) is 13.8 Å². The van der Waals surface area contributed by atoms with Crippen molar-refractivity contribution >= 4 is 11.9 Å². The first kappa shape index (κ1) is 17.4. The van der Waals surface area contributed by atoms with Gasteiger partial charge in [-0.3, -0.25) is 0 Å². The molecule has 0 saturated heterocycles. The van der Waals surface area contributed by atoms with Crippen LogP contribution in [0.1, 0.15) is 27.7 Å². The van der Waals surface area contributed by atoms with E-state index in [0.717, 1.165) is 0 Å². The van der Waals surface area contributed by atoms with Gasteiger partial charge in [-0.1, -0.05) is 27.0 Å². The number of carbonyl (C=O) groups is 2. The molecule has 0 spiro atoms. The van der Waals surface area contributed by atoms with E-state index in [2.05, 4.69) is 18.5 Å². The van der Waals surface area contributed by atoms with Gasteiger partial charge in [-0.15, -0.1) is 0 Å². The highest BCUT2D eigenvalue weighted by Crippen LogP contribution is 2.02. The molecule has 19 heavy (non-hydrogen) atoms. The normalized spacial score (nSPS) is 11.8. The Morgan fingerprint density at radius 3 is 2.05 bits per heavy atom. The molecule has 0 radical (unpaired) electrons. The van der Waals surface area contributed by atoms with E-state index in [-0.39, 0.29) is 12.6 Å². The molecule has 0 aliphatic heterocycles. The van der Waals surface area contributed by atoms with Gasteiger partial charge in [0.2, 0.25) is 0 Å². The lowest BCUT2D eigenvalue weighted by atomic mass is 10.3. The summed E-state index contributed by atoms with van der Waals surface area (Å²) in [5.74, 6) is -0.997. The van der Waals surface area contributed by atoms with Crippen LogP contribution in [-0.2, 0) is 19.1 Å². The maximum absolute atomic E-state index is 11.5. The van der Waals surface area contributed by atoms with Crippen LogP contribution in [0.25, 0.3) is 0 Å². The van der Waals surface area contributed by atoms with Crippen molar-refractivity contribution in [2.24, 2.45) is 0 Å². The number of hydrogen-bond donors (Lipinski definition) is 1. The van der Waals surface area contributed by atoms with Crippen LogP contribution >= 0.6 is 0 Å². The van der Waals surface area contributed by atoms with Gasteiger partial charge in [0.15, 0.2) is 0 Å². The van der Waals surface area contributed by atoms with E-state index in [4.69, 9.17) is 9.47 Å². The quantitative estimate of drug-likeness (QED) is 0.535. The summed E-state index contributed by atoms with van der Waals surface area (Å²) in [6.45, 7) is 14.5. The zero-order chi connectivity index (χ0) is 15.0. The number of esters is 2. The zero-order valence-electron chi connectivity index (χ0n) is 12.1. The summed E-state index contributed by atoms with van der Waals surface area (Å²) in [4.78, 5) is 22.8. The van der Waals surface area contributed by atoms with Crippen molar-refractivity contribution in [1.82, 2.24) is 5.32 Å². The van der Waals surface area contributed by atoms with Crippen LogP contribution in [0.2, 0.25) is 0 Å². The minimum absolute atomic E-state index is 0.00949. The van der Waals surface area contributed by atoms with Crippen LogP contribution in [0.5, 0.6) is 0 Å². The van der Waals surface area contributed by atoms with Crippen molar-refractivity contribution in [3.63, 3.8) is 0 Å². The lowest BCUT2D eigenvalue weighted by Crippen LogP contribution is -2.38. The first-order valence-corrected chi connectivity index (χ1v) is 6.16. The Bertz CT molecular complexity index is 360. The maximum atomic E-state index is 11.5. The Morgan fingerprint density at radius 1 is 1.11 bits per heavy atom. The molecule has 0 amide bonds. The summed E-state index contributed by atoms with van der Waals surface area (Å²) in [6.07, 6.45) is -0.546. The van der Waals surface area contributed by atoms with E-state index >= 15 is 0 Å². The molecule has 1 N–H and O–H groups in total. The van der Waals surface area contributed by atoms with E-state index in [9.17, 15) is 9.59 Å². The van der Waals surface area contributed by atoms with Crippen LogP contribution in [0, 0.1) is 0 Å². The van der Waals surface area contributed by atoms with Crippen LogP contribution in [0.3, 0.4) is 0 Å². The number of carbonyl (C=O) groups excluding carboxylic acids is 2. The van der Waals surface area contributed by atoms with Crippen molar-refractivity contribution in [1.29, 1.82) is 0 Å². The molecule has 5 nitrogen and oxygen atoms in total. The first-order chi connectivity index (χ1) is 8.73. The fourth-order valence-corrected chi connectivity index (χ4v) is 1.05. The SMILES string of the molecule is C=C(C)C(=O)OCC(CNC(C)C)OC(=O)C(=C)C. The third-order valence-corrected chi connectivity index (χ3v) is 2.12. The monoisotopic (exact) mass is 269 g/mol. The Kier molecular flexibility index (Phi) is 7.75. The van der Waals surface area contributed by atoms with Crippen LogP contribution < -0.4 is 5.32 Å². The maximum Gasteiger partial charge on any atom is 0.333 e. The highest BCUT2D eigenvalue weighted by atomic mass is 16.6. The molecule has 0 aliphatic rings. The molecule has 0 aliphatic carbocycles. The Morgan fingerprint density at radius 2 is 1.63 bits per heavy atom. The Balaban J connectivity index is 4.40. The molecule has 5 heteroatoms. The average Bonchev–Trinajstić information content (AvgIpc) is 2.31. The minimum Gasteiger partial charge on any atom is -0.458 e. The molecule has 0 heterocycles. The number of nitrogens with one attached hydrogen (secondary N) is 1. The van der Waals surface area contributed by atoms with Gasteiger partial charge in [0.1, 0.15) is 12.7 Å². The molecule has 1 unspecified atom stereocenters. The van der Waals surface area contributed by atoms with Gasteiger partial charge in [-0.2, -0.15) is 0 Å². The number of ether oxygens (including phenoxy) is 2. The zero-order valence-corrected chi connectivity index (χ0v) is 12.1. The van der Waals surface area contributed by atoms with Crippen molar-refractivity contribution < 1.29 is 19.1 Å². The number of hydrogen-bond acceptors (Lipinski definition) is 5.